The molecule has 0 aliphatic heterocycles. The second-order valence-corrected chi connectivity index (χ2v) is 1.65. The summed E-state index contributed by atoms with van der Waals surface area (Å²) in [4.78, 5) is 0. The van der Waals surface area contributed by atoms with E-state index < -0.39 is 0 Å². The van der Waals surface area contributed by atoms with E-state index in [9.17, 15) is 0 Å². The lowest BCUT2D eigenvalue weighted by molar-refractivity contribution is 1.48. The maximum Gasteiger partial charge on any atom is 0.0462 e. The zero-order chi connectivity index (χ0) is 9.11. The van der Waals surface area contributed by atoms with Crippen LogP contribution >= 0.6 is 0 Å². The molecular weight excluding hydrogens is 136 g/mol. The lowest BCUT2D eigenvalue weighted by atomic mass is 10.2. The molecule has 1 rings (SSSR count). The van der Waals surface area contributed by atoms with Gasteiger partial charge in [-0.2, -0.15) is 0 Å². The van der Waals surface area contributed by atoms with Crippen LogP contribution in [-0.4, -0.2) is 0 Å². The summed E-state index contributed by atoms with van der Waals surface area (Å²) >= 11 is 0. The third-order valence-electron chi connectivity index (χ3n) is 0.940. The standard InChI is InChI=1S/C7H8.2CHN/c1-7-5-3-2-4-6-7;2*1-2/h2-6H,1H3;2*1H. The van der Waals surface area contributed by atoms with Crippen molar-refractivity contribution in [2.24, 2.45) is 0 Å². The van der Waals surface area contributed by atoms with Gasteiger partial charge in [0.25, 0.3) is 0 Å². The summed E-state index contributed by atoms with van der Waals surface area (Å²) in [6.45, 7) is 9.08. The normalized spacial score (nSPS) is 5.91. The average Bonchev–Trinajstić information content (AvgIpc) is 2.13. The molecule has 0 radical (unpaired) electrons. The molecular formula is C9H10N2. The van der Waals surface area contributed by atoms with Crippen molar-refractivity contribution in [2.45, 2.75) is 6.92 Å². The lowest BCUT2D eigenvalue weighted by Gasteiger charge is -1.82. The average molecular weight is 146 g/mol. The van der Waals surface area contributed by atoms with E-state index in [1.165, 1.54) is 5.56 Å². The fourth-order valence-electron chi connectivity index (χ4n) is 0.534. The second-order valence-electron chi connectivity index (χ2n) is 1.65. The highest BCUT2D eigenvalue weighted by Gasteiger charge is 1.72. The molecule has 0 amide bonds. The first-order valence-corrected chi connectivity index (χ1v) is 2.93. The Labute approximate surface area is 67.3 Å². The third kappa shape index (κ3) is 8.20. The molecule has 0 unspecified atom stereocenters. The van der Waals surface area contributed by atoms with Crippen LogP contribution in [0.5, 0.6) is 0 Å². The van der Waals surface area contributed by atoms with E-state index in [0.29, 0.717) is 0 Å². The van der Waals surface area contributed by atoms with Crippen LogP contribution in [0, 0.1) is 30.6 Å². The quantitative estimate of drug-likeness (QED) is 0.563. The van der Waals surface area contributed by atoms with E-state index in [-0.39, 0.29) is 0 Å². The highest BCUT2D eigenvalue weighted by Crippen LogP contribution is 1.92. The van der Waals surface area contributed by atoms with Gasteiger partial charge in [-0.05, 0) is 6.92 Å². The van der Waals surface area contributed by atoms with Crippen molar-refractivity contribution in [3.8, 4) is 13.1 Å². The summed E-state index contributed by atoms with van der Waals surface area (Å²) in [6, 6.07) is 10.3. The highest BCUT2D eigenvalue weighted by atomic mass is 14.2. The number of aryl methyl sites for hydroxylation is 1. The van der Waals surface area contributed by atoms with E-state index in [1.807, 2.05) is 18.2 Å². The van der Waals surface area contributed by atoms with Gasteiger partial charge in [-0.15, -0.1) is 0 Å². The molecule has 0 aliphatic carbocycles. The molecule has 2 nitrogen and oxygen atoms in total. The van der Waals surface area contributed by atoms with Gasteiger partial charge >= 0.3 is 0 Å². The van der Waals surface area contributed by atoms with Gasteiger partial charge in [0.2, 0.25) is 0 Å². The predicted molar refractivity (Wildman–Crippen MR) is 44.5 cm³/mol. The van der Waals surface area contributed by atoms with Crippen molar-refractivity contribution in [3.05, 3.63) is 35.9 Å². The Morgan fingerprint density at radius 2 is 1.27 bits per heavy atom. The Kier molecular flexibility index (Phi) is 12.0. The maximum absolute atomic E-state index is 6.50. The molecule has 0 aliphatic rings. The monoisotopic (exact) mass is 146 g/mol. The number of hydrogen-bond acceptors (Lipinski definition) is 2. The topological polar surface area (TPSA) is 47.6 Å². The van der Waals surface area contributed by atoms with Crippen molar-refractivity contribution in [1.29, 1.82) is 10.5 Å². The Bertz CT molecular complexity index is 193. The fraction of sp³-hybridized carbons (Fsp3) is 0.111. The molecule has 0 saturated heterocycles. The molecule has 11 heavy (non-hydrogen) atoms. The largest absolute Gasteiger partial charge is 0.202 e. The van der Waals surface area contributed by atoms with Crippen LogP contribution in [0.3, 0.4) is 0 Å². The van der Waals surface area contributed by atoms with E-state index in [0.717, 1.165) is 0 Å². The van der Waals surface area contributed by atoms with E-state index in [2.05, 4.69) is 32.2 Å². The predicted octanol–water partition coefficient (Wildman–Crippen LogP) is 2.27. The van der Waals surface area contributed by atoms with Gasteiger partial charge in [-0.1, -0.05) is 35.9 Å². The molecule has 0 spiro atoms. The molecule has 0 heterocycles. The minimum absolute atomic E-state index is 1.32. The van der Waals surface area contributed by atoms with Gasteiger partial charge in [0.05, 0.1) is 0 Å². The van der Waals surface area contributed by atoms with Gasteiger partial charge in [0, 0.05) is 13.1 Å². The number of hydrogen-bond donors (Lipinski definition) is 0. The van der Waals surface area contributed by atoms with Crippen molar-refractivity contribution in [1.82, 2.24) is 0 Å². The zero-order valence-corrected chi connectivity index (χ0v) is 6.44. The minimum atomic E-state index is 1.32. The lowest BCUT2D eigenvalue weighted by Crippen LogP contribution is -1.62. The summed E-state index contributed by atoms with van der Waals surface area (Å²) in [6.07, 6.45) is 0. The van der Waals surface area contributed by atoms with Crippen LogP contribution in [-0.2, 0) is 0 Å². The van der Waals surface area contributed by atoms with Crippen LogP contribution < -0.4 is 0 Å². The number of nitriles is 2. The molecule has 56 valence electrons. The molecule has 0 atom stereocenters. The SMILES string of the molecule is C#N.C#N.Cc1ccccc1. The second kappa shape index (κ2) is 11.1. The molecule has 1 aromatic rings. The van der Waals surface area contributed by atoms with E-state index in [1.54, 1.807) is 0 Å². The summed E-state index contributed by atoms with van der Waals surface area (Å²) in [5.74, 6) is 0. The van der Waals surface area contributed by atoms with E-state index >= 15 is 0 Å². The Balaban J connectivity index is 0. The summed E-state index contributed by atoms with van der Waals surface area (Å²) in [7, 11) is 0. The molecule has 0 saturated carbocycles. The smallest absolute Gasteiger partial charge is 0.0462 e. The van der Waals surface area contributed by atoms with Gasteiger partial charge in [0.15, 0.2) is 0 Å². The minimum Gasteiger partial charge on any atom is -0.202 e. The molecule has 1 aromatic carbocycles. The summed E-state index contributed by atoms with van der Waals surface area (Å²) in [5, 5.41) is 13.0. The highest BCUT2D eigenvalue weighted by molar-refractivity contribution is 5.11. The van der Waals surface area contributed by atoms with Crippen LogP contribution in [0.1, 0.15) is 5.56 Å². The molecule has 0 aromatic heterocycles. The van der Waals surface area contributed by atoms with Gasteiger partial charge in [-0.25, -0.2) is 10.5 Å². The summed E-state index contributed by atoms with van der Waals surface area (Å²) in [5.41, 5.74) is 1.32. The first-order valence-electron chi connectivity index (χ1n) is 2.93. The molecule has 0 bridgehead atoms. The number of rotatable bonds is 0. The van der Waals surface area contributed by atoms with Gasteiger partial charge < -0.3 is 0 Å². The molecule has 0 N–H and O–H groups in total. The first-order chi connectivity index (χ1) is 5.39. The van der Waals surface area contributed by atoms with Crippen LogP contribution in [0.2, 0.25) is 0 Å². The molecule has 0 fully saturated rings. The Hall–Kier alpha value is -1.80. The summed E-state index contributed by atoms with van der Waals surface area (Å²) < 4.78 is 0. The van der Waals surface area contributed by atoms with Crippen molar-refractivity contribution >= 4 is 0 Å². The van der Waals surface area contributed by atoms with Crippen LogP contribution in [0.25, 0.3) is 0 Å². The zero-order valence-electron chi connectivity index (χ0n) is 6.44. The first kappa shape index (κ1) is 11.9. The van der Waals surface area contributed by atoms with Crippen molar-refractivity contribution in [3.63, 3.8) is 0 Å². The number of nitrogens with zero attached hydrogens (tertiary/aromatic N) is 2. The Morgan fingerprint density at radius 1 is 0.909 bits per heavy atom. The van der Waals surface area contributed by atoms with Crippen LogP contribution in [0.15, 0.2) is 30.3 Å². The molecule has 2 heteroatoms. The van der Waals surface area contributed by atoms with Crippen molar-refractivity contribution in [2.75, 3.05) is 0 Å². The third-order valence-corrected chi connectivity index (χ3v) is 0.940. The maximum atomic E-state index is 6.50. The fourth-order valence-corrected chi connectivity index (χ4v) is 0.534. The Morgan fingerprint density at radius 3 is 1.45 bits per heavy atom. The van der Waals surface area contributed by atoms with Gasteiger partial charge in [0.1, 0.15) is 0 Å². The van der Waals surface area contributed by atoms with E-state index in [4.69, 9.17) is 10.5 Å². The van der Waals surface area contributed by atoms with Crippen molar-refractivity contribution < 1.29 is 0 Å². The van der Waals surface area contributed by atoms with Crippen LogP contribution in [0.4, 0.5) is 0 Å². The van der Waals surface area contributed by atoms with Gasteiger partial charge in [-0.3, -0.25) is 0 Å². The number of benzene rings is 1.